The Kier molecular flexibility index (Phi) is 4.22. The maximum absolute atomic E-state index is 12.8. The molecule has 1 amide bonds. The molecule has 0 heterocycles. The number of halogens is 4. The molecule has 0 fully saturated rings. The summed E-state index contributed by atoms with van der Waals surface area (Å²) in [6.45, 7) is 0. The molecule has 0 aliphatic rings. The van der Waals surface area contributed by atoms with Gasteiger partial charge in [0.1, 0.15) is 0 Å². The summed E-state index contributed by atoms with van der Waals surface area (Å²) in [6, 6.07) is 9.65. The molecule has 3 N–H and O–H groups in total. The molecular formula is C14H10BrF3N2O. The monoisotopic (exact) mass is 358 g/mol. The Morgan fingerprint density at radius 2 is 1.86 bits per heavy atom. The van der Waals surface area contributed by atoms with E-state index >= 15 is 0 Å². The van der Waals surface area contributed by atoms with Crippen LogP contribution >= 0.6 is 15.9 Å². The summed E-state index contributed by atoms with van der Waals surface area (Å²) in [5.41, 5.74) is 5.42. The van der Waals surface area contributed by atoms with Crippen molar-refractivity contribution in [1.29, 1.82) is 0 Å². The Bertz CT molecular complexity index is 686. The fourth-order valence-electron chi connectivity index (χ4n) is 1.70. The van der Waals surface area contributed by atoms with Gasteiger partial charge in [-0.3, -0.25) is 4.79 Å². The molecule has 21 heavy (non-hydrogen) atoms. The van der Waals surface area contributed by atoms with E-state index in [1.165, 1.54) is 24.3 Å². The number of carbonyl (C=O) groups excluding carboxylic acids is 1. The Hall–Kier alpha value is -2.02. The molecule has 0 saturated carbocycles. The molecule has 0 unspecified atom stereocenters. The molecule has 3 nitrogen and oxygen atoms in total. The normalized spacial score (nSPS) is 11.2. The topological polar surface area (TPSA) is 55.1 Å². The molecule has 0 radical (unpaired) electrons. The molecule has 0 spiro atoms. The Morgan fingerprint density at radius 3 is 2.48 bits per heavy atom. The number of rotatable bonds is 2. The number of nitrogens with one attached hydrogen (secondary N) is 1. The SMILES string of the molecule is Nc1cccc(C(=O)Nc2ccc(Br)c(C(F)(F)F)c2)c1. The molecule has 2 aromatic rings. The summed E-state index contributed by atoms with van der Waals surface area (Å²) in [7, 11) is 0. The van der Waals surface area contributed by atoms with Crippen molar-refractivity contribution >= 4 is 33.2 Å². The van der Waals surface area contributed by atoms with E-state index in [1.807, 2.05) is 0 Å². The number of anilines is 2. The summed E-state index contributed by atoms with van der Waals surface area (Å²) < 4.78 is 38.3. The lowest BCUT2D eigenvalue weighted by atomic mass is 10.1. The first-order chi connectivity index (χ1) is 9.77. The van der Waals surface area contributed by atoms with Gasteiger partial charge in [0.25, 0.3) is 5.91 Å². The third-order valence-corrected chi connectivity index (χ3v) is 3.37. The zero-order valence-corrected chi connectivity index (χ0v) is 12.1. The van der Waals surface area contributed by atoms with Gasteiger partial charge in [0.15, 0.2) is 0 Å². The van der Waals surface area contributed by atoms with Gasteiger partial charge in [-0.15, -0.1) is 0 Å². The summed E-state index contributed by atoms with van der Waals surface area (Å²) in [4.78, 5) is 12.0. The predicted octanol–water partition coefficient (Wildman–Crippen LogP) is 4.30. The second-order valence-corrected chi connectivity index (χ2v) is 5.13. The third-order valence-electron chi connectivity index (χ3n) is 2.68. The van der Waals surface area contributed by atoms with Gasteiger partial charge in [0, 0.05) is 21.4 Å². The third kappa shape index (κ3) is 3.75. The van der Waals surface area contributed by atoms with Crippen molar-refractivity contribution in [3.8, 4) is 0 Å². The molecule has 0 bridgehead atoms. The lowest BCUT2D eigenvalue weighted by molar-refractivity contribution is -0.138. The maximum atomic E-state index is 12.8. The van der Waals surface area contributed by atoms with Crippen LogP contribution in [-0.4, -0.2) is 5.91 Å². The van der Waals surface area contributed by atoms with Gasteiger partial charge in [-0.25, -0.2) is 0 Å². The first-order valence-electron chi connectivity index (χ1n) is 5.81. The highest BCUT2D eigenvalue weighted by molar-refractivity contribution is 9.10. The van der Waals surface area contributed by atoms with Gasteiger partial charge in [-0.2, -0.15) is 13.2 Å². The number of nitrogen functional groups attached to an aromatic ring is 1. The van der Waals surface area contributed by atoms with Gasteiger partial charge >= 0.3 is 6.18 Å². The average molecular weight is 359 g/mol. The highest BCUT2D eigenvalue weighted by Crippen LogP contribution is 2.36. The zero-order valence-electron chi connectivity index (χ0n) is 10.5. The van der Waals surface area contributed by atoms with E-state index in [0.717, 1.165) is 6.07 Å². The Morgan fingerprint density at radius 1 is 1.14 bits per heavy atom. The van der Waals surface area contributed by atoms with E-state index in [2.05, 4.69) is 21.2 Å². The first kappa shape index (κ1) is 15.4. The van der Waals surface area contributed by atoms with E-state index in [4.69, 9.17) is 5.73 Å². The smallest absolute Gasteiger partial charge is 0.399 e. The van der Waals surface area contributed by atoms with E-state index < -0.39 is 17.6 Å². The van der Waals surface area contributed by atoms with E-state index in [9.17, 15) is 18.0 Å². The predicted molar refractivity (Wildman–Crippen MR) is 78.0 cm³/mol. The number of nitrogens with two attached hydrogens (primary N) is 1. The second-order valence-electron chi connectivity index (χ2n) is 4.27. The molecular weight excluding hydrogens is 349 g/mol. The fraction of sp³-hybridized carbons (Fsp3) is 0.0714. The minimum Gasteiger partial charge on any atom is -0.399 e. The molecule has 2 rings (SSSR count). The van der Waals surface area contributed by atoms with Crippen LogP contribution in [0.3, 0.4) is 0 Å². The highest BCUT2D eigenvalue weighted by Gasteiger charge is 2.33. The van der Waals surface area contributed by atoms with Crippen LogP contribution < -0.4 is 11.1 Å². The van der Waals surface area contributed by atoms with Gasteiger partial charge < -0.3 is 11.1 Å². The van der Waals surface area contributed by atoms with Crippen molar-refractivity contribution in [2.24, 2.45) is 0 Å². The fourth-order valence-corrected chi connectivity index (χ4v) is 2.17. The molecule has 0 atom stereocenters. The van der Waals surface area contributed by atoms with Crippen molar-refractivity contribution in [1.82, 2.24) is 0 Å². The van der Waals surface area contributed by atoms with Gasteiger partial charge in [0.2, 0.25) is 0 Å². The molecule has 0 aliphatic heterocycles. The summed E-state index contributed by atoms with van der Waals surface area (Å²) in [5, 5.41) is 2.41. The second kappa shape index (κ2) is 5.77. The van der Waals surface area contributed by atoms with Crippen LogP contribution in [-0.2, 0) is 6.18 Å². The number of amides is 1. The number of hydrogen-bond donors (Lipinski definition) is 2. The highest BCUT2D eigenvalue weighted by atomic mass is 79.9. The summed E-state index contributed by atoms with van der Waals surface area (Å²) in [5.74, 6) is -0.530. The van der Waals surface area contributed by atoms with E-state index in [-0.39, 0.29) is 15.7 Å². The van der Waals surface area contributed by atoms with Crippen molar-refractivity contribution in [3.05, 3.63) is 58.1 Å². The molecule has 0 saturated heterocycles. The minimum atomic E-state index is -4.50. The Labute approximate surface area is 127 Å². The number of benzene rings is 2. The zero-order chi connectivity index (χ0) is 15.6. The summed E-state index contributed by atoms with van der Waals surface area (Å²) in [6.07, 6.45) is -4.50. The summed E-state index contributed by atoms with van der Waals surface area (Å²) >= 11 is 2.84. The average Bonchev–Trinajstić information content (AvgIpc) is 2.39. The van der Waals surface area contributed by atoms with Crippen molar-refractivity contribution in [2.45, 2.75) is 6.18 Å². The quantitative estimate of drug-likeness (QED) is 0.786. The largest absolute Gasteiger partial charge is 0.417 e. The van der Waals surface area contributed by atoms with Gasteiger partial charge in [-0.1, -0.05) is 22.0 Å². The number of hydrogen-bond acceptors (Lipinski definition) is 2. The van der Waals surface area contributed by atoms with E-state index in [1.54, 1.807) is 12.1 Å². The van der Waals surface area contributed by atoms with Crippen molar-refractivity contribution < 1.29 is 18.0 Å². The maximum Gasteiger partial charge on any atom is 0.417 e. The van der Waals surface area contributed by atoms with Crippen LogP contribution in [0.5, 0.6) is 0 Å². The molecule has 110 valence electrons. The van der Waals surface area contributed by atoms with Crippen LogP contribution in [0.25, 0.3) is 0 Å². The molecule has 2 aromatic carbocycles. The van der Waals surface area contributed by atoms with Gasteiger partial charge in [-0.05, 0) is 36.4 Å². The lowest BCUT2D eigenvalue weighted by Gasteiger charge is -2.12. The molecule has 7 heteroatoms. The van der Waals surface area contributed by atoms with Crippen LogP contribution in [0.4, 0.5) is 24.5 Å². The number of alkyl halides is 3. The van der Waals surface area contributed by atoms with Crippen LogP contribution in [0.15, 0.2) is 46.9 Å². The standard InChI is InChI=1S/C14H10BrF3N2O/c15-12-5-4-10(7-11(12)14(16,17)18)20-13(21)8-2-1-3-9(19)6-8/h1-7H,19H2,(H,20,21). The van der Waals surface area contributed by atoms with E-state index in [0.29, 0.717) is 5.69 Å². The molecule has 0 aliphatic carbocycles. The van der Waals surface area contributed by atoms with Crippen molar-refractivity contribution in [2.75, 3.05) is 11.1 Å². The minimum absolute atomic E-state index is 0.0537. The molecule has 0 aromatic heterocycles. The van der Waals surface area contributed by atoms with Crippen LogP contribution in [0.2, 0.25) is 0 Å². The number of carbonyl (C=O) groups is 1. The Balaban J connectivity index is 2.26. The first-order valence-corrected chi connectivity index (χ1v) is 6.60. The van der Waals surface area contributed by atoms with Gasteiger partial charge in [0.05, 0.1) is 5.56 Å². The lowest BCUT2D eigenvalue weighted by Crippen LogP contribution is -2.13. The van der Waals surface area contributed by atoms with Crippen LogP contribution in [0, 0.1) is 0 Å². The van der Waals surface area contributed by atoms with Crippen LogP contribution in [0.1, 0.15) is 15.9 Å². The van der Waals surface area contributed by atoms with Crippen molar-refractivity contribution in [3.63, 3.8) is 0 Å².